The van der Waals surface area contributed by atoms with E-state index in [1.165, 1.54) is 0 Å². The summed E-state index contributed by atoms with van der Waals surface area (Å²) in [5, 5.41) is 33.4. The summed E-state index contributed by atoms with van der Waals surface area (Å²) in [4.78, 5) is 0. The van der Waals surface area contributed by atoms with Gasteiger partial charge in [-0.15, -0.1) is 0 Å². The van der Waals surface area contributed by atoms with Gasteiger partial charge in [-0.25, -0.2) is 4.39 Å². The van der Waals surface area contributed by atoms with Gasteiger partial charge in [0.1, 0.15) is 0 Å². The van der Waals surface area contributed by atoms with Crippen molar-refractivity contribution in [3.8, 4) is 0 Å². The van der Waals surface area contributed by atoms with Crippen LogP contribution in [0.3, 0.4) is 0 Å². The molecule has 0 bridgehead atoms. The monoisotopic (exact) mass is 278 g/mol. The summed E-state index contributed by atoms with van der Waals surface area (Å²) in [7, 11) is 0. The summed E-state index contributed by atoms with van der Waals surface area (Å²) in [6.07, 6.45) is -1.98. The Kier molecular flexibility index (Phi) is 5.99. The number of rotatable bonds is 8. The fraction of sp³-hybridized carbons (Fsp3) is 1.00. The third-order valence-corrected chi connectivity index (χ3v) is 2.59. The van der Waals surface area contributed by atoms with Crippen molar-refractivity contribution in [2.24, 2.45) is 0 Å². The maximum atomic E-state index is 13.2. The van der Waals surface area contributed by atoms with Gasteiger partial charge in [-0.05, 0) is 6.42 Å². The number of aliphatic hydroxyl groups is 4. The molecule has 8 heteroatoms. The Morgan fingerprint density at radius 3 is 1.83 bits per heavy atom. The van der Waals surface area contributed by atoms with E-state index in [4.69, 9.17) is 20.4 Å². The number of hydrogen-bond acceptors (Lipinski definition) is 4. The van der Waals surface area contributed by atoms with E-state index in [9.17, 15) is 17.6 Å². The smallest absolute Gasteiger partial charge is 0.351 e. The molecule has 0 aliphatic rings. The van der Waals surface area contributed by atoms with Gasteiger partial charge in [0, 0.05) is 0 Å². The van der Waals surface area contributed by atoms with Gasteiger partial charge in [-0.3, -0.25) is 0 Å². The molecular formula is C10H18F4O4. The highest BCUT2D eigenvalue weighted by atomic mass is 19.3. The van der Waals surface area contributed by atoms with Crippen molar-refractivity contribution < 1.29 is 38.0 Å². The molecule has 0 heterocycles. The van der Waals surface area contributed by atoms with Crippen LogP contribution in [0.5, 0.6) is 0 Å². The fourth-order valence-corrected chi connectivity index (χ4v) is 1.36. The lowest BCUT2D eigenvalue weighted by Crippen LogP contribution is -2.64. The Labute approximate surface area is 102 Å². The molecule has 0 radical (unpaired) electrons. The molecule has 2 unspecified atom stereocenters. The Hall–Kier alpha value is -0.440. The third kappa shape index (κ3) is 3.78. The fourth-order valence-electron chi connectivity index (χ4n) is 1.36. The second-order valence-corrected chi connectivity index (χ2v) is 4.20. The van der Waals surface area contributed by atoms with Gasteiger partial charge in [-0.1, -0.05) is 32.6 Å². The Morgan fingerprint density at radius 2 is 1.44 bits per heavy atom. The molecule has 0 aromatic rings. The van der Waals surface area contributed by atoms with Crippen LogP contribution in [0.1, 0.15) is 39.0 Å². The van der Waals surface area contributed by atoms with Crippen LogP contribution in [0.2, 0.25) is 0 Å². The number of alkyl halides is 4. The minimum Gasteiger partial charge on any atom is -0.351 e. The minimum atomic E-state index is -5.19. The molecule has 0 amide bonds. The standard InChI is InChI=1S/C10H18F4O4/c1-2-3-4-5-6-7(11)8(12,13)9(14,15)10(16,17)18/h7,15-18H,2-6H2,1H3. The van der Waals surface area contributed by atoms with Gasteiger partial charge in [0.25, 0.3) is 0 Å². The summed E-state index contributed by atoms with van der Waals surface area (Å²) in [6, 6.07) is 0. The molecule has 4 nitrogen and oxygen atoms in total. The topological polar surface area (TPSA) is 80.9 Å². The molecule has 0 rings (SSSR count). The van der Waals surface area contributed by atoms with Crippen LogP contribution in [0.15, 0.2) is 0 Å². The number of hydrogen-bond donors (Lipinski definition) is 4. The molecule has 0 aliphatic heterocycles. The highest BCUT2D eigenvalue weighted by molar-refractivity contribution is 4.94. The van der Waals surface area contributed by atoms with E-state index in [1.807, 2.05) is 6.92 Å². The zero-order chi connectivity index (χ0) is 14.6. The maximum absolute atomic E-state index is 13.2. The molecular weight excluding hydrogens is 260 g/mol. The first kappa shape index (κ1) is 17.6. The first-order valence-corrected chi connectivity index (χ1v) is 5.58. The van der Waals surface area contributed by atoms with Crippen LogP contribution in [-0.4, -0.2) is 44.3 Å². The molecule has 0 saturated heterocycles. The van der Waals surface area contributed by atoms with Crippen LogP contribution in [0, 0.1) is 0 Å². The Bertz CT molecular complexity index is 253. The molecule has 0 saturated carbocycles. The van der Waals surface area contributed by atoms with E-state index in [0.717, 1.165) is 6.42 Å². The first-order valence-electron chi connectivity index (χ1n) is 5.58. The molecule has 0 aromatic heterocycles. The SMILES string of the molecule is CCCCCCC(F)C(F)(F)C(O)(F)C(O)(O)O. The lowest BCUT2D eigenvalue weighted by atomic mass is 9.98. The third-order valence-electron chi connectivity index (χ3n) is 2.59. The van der Waals surface area contributed by atoms with Crippen molar-refractivity contribution in [3.05, 3.63) is 0 Å². The lowest BCUT2D eigenvalue weighted by molar-refractivity contribution is -0.471. The second kappa shape index (κ2) is 6.14. The van der Waals surface area contributed by atoms with E-state index in [-0.39, 0.29) is 6.42 Å². The molecule has 0 aliphatic carbocycles. The van der Waals surface area contributed by atoms with Crippen LogP contribution in [0.25, 0.3) is 0 Å². The highest BCUT2D eigenvalue weighted by Crippen LogP contribution is 2.41. The molecule has 0 aromatic carbocycles. The average molecular weight is 278 g/mol. The molecule has 2 atom stereocenters. The summed E-state index contributed by atoms with van der Waals surface area (Å²) in [6.45, 7) is 1.85. The normalized spacial score (nSPS) is 18.5. The zero-order valence-electron chi connectivity index (χ0n) is 9.91. The van der Waals surface area contributed by atoms with E-state index < -0.39 is 30.3 Å². The quantitative estimate of drug-likeness (QED) is 0.306. The molecule has 110 valence electrons. The summed E-state index contributed by atoms with van der Waals surface area (Å²) >= 11 is 0. The van der Waals surface area contributed by atoms with E-state index in [1.54, 1.807) is 0 Å². The Balaban J connectivity index is 4.61. The predicted molar refractivity (Wildman–Crippen MR) is 54.0 cm³/mol. The van der Waals surface area contributed by atoms with Gasteiger partial charge >= 0.3 is 17.8 Å². The van der Waals surface area contributed by atoms with Gasteiger partial charge in [0.05, 0.1) is 0 Å². The van der Waals surface area contributed by atoms with Gasteiger partial charge in [0.15, 0.2) is 6.17 Å². The maximum Gasteiger partial charge on any atom is 0.355 e. The van der Waals surface area contributed by atoms with Crippen molar-refractivity contribution in [2.75, 3.05) is 0 Å². The van der Waals surface area contributed by atoms with Gasteiger partial charge in [-0.2, -0.15) is 13.2 Å². The van der Waals surface area contributed by atoms with Crippen molar-refractivity contribution in [1.29, 1.82) is 0 Å². The molecule has 0 fully saturated rings. The van der Waals surface area contributed by atoms with Crippen LogP contribution >= 0.6 is 0 Å². The number of halogens is 4. The highest BCUT2D eigenvalue weighted by Gasteiger charge is 2.70. The van der Waals surface area contributed by atoms with Crippen LogP contribution in [-0.2, 0) is 0 Å². The second-order valence-electron chi connectivity index (χ2n) is 4.20. The first-order chi connectivity index (χ1) is 7.98. The van der Waals surface area contributed by atoms with E-state index in [0.29, 0.717) is 12.8 Å². The van der Waals surface area contributed by atoms with Crippen LogP contribution < -0.4 is 0 Å². The minimum absolute atomic E-state index is 0.0238. The van der Waals surface area contributed by atoms with E-state index in [2.05, 4.69) is 0 Å². The van der Waals surface area contributed by atoms with Crippen molar-refractivity contribution in [1.82, 2.24) is 0 Å². The summed E-state index contributed by atoms with van der Waals surface area (Å²) in [5.74, 6) is -15.1. The zero-order valence-corrected chi connectivity index (χ0v) is 9.91. The molecule has 4 N–H and O–H groups in total. The van der Waals surface area contributed by atoms with Gasteiger partial charge in [0.2, 0.25) is 0 Å². The number of unbranched alkanes of at least 4 members (excludes halogenated alkanes) is 3. The largest absolute Gasteiger partial charge is 0.355 e. The summed E-state index contributed by atoms with van der Waals surface area (Å²) in [5.41, 5.74) is 0. The van der Waals surface area contributed by atoms with E-state index >= 15 is 0 Å². The predicted octanol–water partition coefficient (Wildman–Crippen LogP) is 1.22. The van der Waals surface area contributed by atoms with Gasteiger partial charge < -0.3 is 20.4 Å². The Morgan fingerprint density at radius 1 is 0.944 bits per heavy atom. The van der Waals surface area contributed by atoms with Crippen molar-refractivity contribution in [3.63, 3.8) is 0 Å². The summed E-state index contributed by atoms with van der Waals surface area (Å²) < 4.78 is 52.4. The molecule has 0 spiro atoms. The average Bonchev–Trinajstić information content (AvgIpc) is 2.22. The van der Waals surface area contributed by atoms with Crippen molar-refractivity contribution >= 4 is 0 Å². The van der Waals surface area contributed by atoms with Crippen LogP contribution in [0.4, 0.5) is 17.6 Å². The van der Waals surface area contributed by atoms with Crippen molar-refractivity contribution in [2.45, 2.75) is 63.0 Å². The lowest BCUT2D eigenvalue weighted by Gasteiger charge is -2.35. The molecule has 18 heavy (non-hydrogen) atoms.